The number of aromatic nitrogens is 4. The van der Waals surface area contributed by atoms with Gasteiger partial charge >= 0.3 is 0 Å². The average molecular weight is 325 g/mol. The number of sulfonamides is 1. The first kappa shape index (κ1) is 15.2. The molecule has 120 valence electrons. The third kappa shape index (κ3) is 2.67. The van der Waals surface area contributed by atoms with Crippen LogP contribution in [0.3, 0.4) is 0 Å². The Labute approximate surface area is 129 Å². The number of nitrogens with zero attached hydrogens (tertiary/aromatic N) is 5. The zero-order chi connectivity index (χ0) is 15.7. The van der Waals surface area contributed by atoms with Crippen molar-refractivity contribution in [3.05, 3.63) is 30.2 Å². The molecule has 1 atom stereocenters. The molecule has 0 unspecified atom stereocenters. The molecule has 22 heavy (non-hydrogen) atoms. The maximum Gasteiger partial charge on any atom is 0.260 e. The number of ether oxygens (including phenoxy) is 1. The second-order valence-electron chi connectivity index (χ2n) is 5.14. The predicted molar refractivity (Wildman–Crippen MR) is 78.6 cm³/mol. The van der Waals surface area contributed by atoms with Crippen LogP contribution in [0.4, 0.5) is 0 Å². The van der Waals surface area contributed by atoms with E-state index in [4.69, 9.17) is 4.74 Å². The first-order chi connectivity index (χ1) is 10.5. The monoisotopic (exact) mass is 325 g/mol. The summed E-state index contributed by atoms with van der Waals surface area (Å²) >= 11 is 0. The zero-order valence-electron chi connectivity index (χ0n) is 12.6. The van der Waals surface area contributed by atoms with Gasteiger partial charge in [0, 0.05) is 38.4 Å². The predicted octanol–water partition coefficient (Wildman–Crippen LogP) is 0.399. The molecule has 0 aliphatic carbocycles. The molecular weight excluding hydrogens is 306 g/mol. The molecule has 2 aromatic heterocycles. The van der Waals surface area contributed by atoms with Crippen molar-refractivity contribution in [2.24, 2.45) is 7.05 Å². The SMILES string of the molecule is CCn1cc([C@@H]2CN(S(=O)(=O)c3ccnn3C)CCO2)cn1. The number of hydrogen-bond acceptors (Lipinski definition) is 5. The topological polar surface area (TPSA) is 82.2 Å². The largest absolute Gasteiger partial charge is 0.371 e. The Morgan fingerprint density at radius 3 is 2.86 bits per heavy atom. The molecule has 0 amide bonds. The Balaban J connectivity index is 1.82. The van der Waals surface area contributed by atoms with E-state index < -0.39 is 10.0 Å². The van der Waals surface area contributed by atoms with Crippen LogP contribution < -0.4 is 0 Å². The van der Waals surface area contributed by atoms with Crippen molar-refractivity contribution >= 4 is 10.0 Å². The lowest BCUT2D eigenvalue weighted by Crippen LogP contribution is -2.42. The molecule has 0 saturated carbocycles. The molecule has 1 aliphatic rings. The molecule has 0 aromatic carbocycles. The molecule has 1 fully saturated rings. The lowest BCUT2D eigenvalue weighted by molar-refractivity contribution is -0.00273. The van der Waals surface area contributed by atoms with Crippen LogP contribution in [0.5, 0.6) is 0 Å². The van der Waals surface area contributed by atoms with Gasteiger partial charge in [-0.1, -0.05) is 0 Å². The van der Waals surface area contributed by atoms with E-state index in [1.54, 1.807) is 17.9 Å². The second-order valence-corrected chi connectivity index (χ2v) is 7.03. The maximum atomic E-state index is 12.7. The fraction of sp³-hybridized carbons (Fsp3) is 0.538. The lowest BCUT2D eigenvalue weighted by Gasteiger charge is -2.31. The summed E-state index contributed by atoms with van der Waals surface area (Å²) in [7, 11) is -1.94. The summed E-state index contributed by atoms with van der Waals surface area (Å²) in [4.78, 5) is 0. The van der Waals surface area contributed by atoms with Crippen molar-refractivity contribution < 1.29 is 13.2 Å². The van der Waals surface area contributed by atoms with E-state index in [1.807, 2.05) is 13.1 Å². The Kier molecular flexibility index (Phi) is 4.02. The summed E-state index contributed by atoms with van der Waals surface area (Å²) in [6.07, 6.45) is 4.81. The summed E-state index contributed by atoms with van der Waals surface area (Å²) in [5, 5.41) is 8.34. The highest BCUT2D eigenvalue weighted by Crippen LogP contribution is 2.25. The fourth-order valence-corrected chi connectivity index (χ4v) is 4.04. The first-order valence-corrected chi connectivity index (χ1v) is 8.58. The van der Waals surface area contributed by atoms with Crippen LogP contribution in [0, 0.1) is 0 Å². The highest BCUT2D eigenvalue weighted by atomic mass is 32.2. The van der Waals surface area contributed by atoms with Gasteiger partial charge in [-0.3, -0.25) is 9.36 Å². The van der Waals surface area contributed by atoms with Gasteiger partial charge in [0.2, 0.25) is 0 Å². The van der Waals surface area contributed by atoms with Crippen molar-refractivity contribution in [2.75, 3.05) is 19.7 Å². The van der Waals surface area contributed by atoms with Crippen molar-refractivity contribution in [3.63, 3.8) is 0 Å². The van der Waals surface area contributed by atoms with Crippen LogP contribution in [0.25, 0.3) is 0 Å². The van der Waals surface area contributed by atoms with Crippen LogP contribution in [0.2, 0.25) is 0 Å². The molecule has 3 heterocycles. The quantitative estimate of drug-likeness (QED) is 0.812. The number of rotatable bonds is 4. The molecule has 2 aromatic rings. The second kappa shape index (κ2) is 5.82. The average Bonchev–Trinajstić information content (AvgIpc) is 3.16. The van der Waals surface area contributed by atoms with E-state index >= 15 is 0 Å². The molecule has 8 nitrogen and oxygen atoms in total. The van der Waals surface area contributed by atoms with Crippen molar-refractivity contribution in [1.82, 2.24) is 23.9 Å². The highest BCUT2D eigenvalue weighted by Gasteiger charge is 2.33. The number of aryl methyl sites for hydroxylation is 2. The van der Waals surface area contributed by atoms with Gasteiger partial charge in [0.25, 0.3) is 10.0 Å². The van der Waals surface area contributed by atoms with Crippen molar-refractivity contribution in [1.29, 1.82) is 0 Å². The minimum absolute atomic E-state index is 0.192. The van der Waals surface area contributed by atoms with Gasteiger partial charge in [0.1, 0.15) is 0 Å². The highest BCUT2D eigenvalue weighted by molar-refractivity contribution is 7.89. The van der Waals surface area contributed by atoms with E-state index in [9.17, 15) is 8.42 Å². The van der Waals surface area contributed by atoms with Gasteiger partial charge in [-0.25, -0.2) is 8.42 Å². The molecule has 0 spiro atoms. The van der Waals surface area contributed by atoms with Gasteiger partial charge < -0.3 is 4.74 Å². The molecule has 3 rings (SSSR count). The molecule has 9 heteroatoms. The molecule has 0 bridgehead atoms. The summed E-state index contributed by atoms with van der Waals surface area (Å²) in [6.45, 7) is 3.75. The number of morpholine rings is 1. The molecule has 0 N–H and O–H groups in total. The Bertz CT molecular complexity index is 751. The first-order valence-electron chi connectivity index (χ1n) is 7.14. The van der Waals surface area contributed by atoms with Crippen LogP contribution >= 0.6 is 0 Å². The van der Waals surface area contributed by atoms with Gasteiger partial charge in [0.15, 0.2) is 5.03 Å². The van der Waals surface area contributed by atoms with E-state index in [1.165, 1.54) is 21.3 Å². The van der Waals surface area contributed by atoms with Crippen LogP contribution in [0.1, 0.15) is 18.6 Å². The number of hydrogen-bond donors (Lipinski definition) is 0. The Morgan fingerprint density at radius 1 is 1.41 bits per heavy atom. The summed E-state index contributed by atoms with van der Waals surface area (Å²) in [5.74, 6) is 0. The smallest absolute Gasteiger partial charge is 0.260 e. The zero-order valence-corrected chi connectivity index (χ0v) is 13.4. The molecule has 1 aliphatic heterocycles. The Morgan fingerprint density at radius 2 is 2.23 bits per heavy atom. The molecule has 1 saturated heterocycles. The summed E-state index contributed by atoms with van der Waals surface area (Å²) < 4.78 is 35.7. The normalized spacial score (nSPS) is 20.4. The fourth-order valence-electron chi connectivity index (χ4n) is 2.51. The van der Waals surface area contributed by atoms with Crippen LogP contribution in [-0.2, 0) is 28.4 Å². The van der Waals surface area contributed by atoms with Crippen LogP contribution in [-0.4, -0.2) is 52.0 Å². The molecule has 0 radical (unpaired) electrons. The third-order valence-corrected chi connectivity index (χ3v) is 5.70. The summed E-state index contributed by atoms with van der Waals surface area (Å²) in [5.41, 5.74) is 0.895. The van der Waals surface area contributed by atoms with Crippen molar-refractivity contribution in [3.8, 4) is 0 Å². The van der Waals surface area contributed by atoms with Gasteiger partial charge in [0.05, 0.1) is 25.1 Å². The maximum absolute atomic E-state index is 12.7. The standard InChI is InChI=1S/C13H19N5O3S/c1-3-17-9-11(8-15-17)12-10-18(6-7-21-12)22(19,20)13-4-5-14-16(13)2/h4-5,8-9,12H,3,6-7,10H2,1-2H3/t12-/m0/s1. The van der Waals surface area contributed by atoms with E-state index in [-0.39, 0.29) is 17.7 Å². The third-order valence-electron chi connectivity index (χ3n) is 3.76. The van der Waals surface area contributed by atoms with E-state index in [2.05, 4.69) is 10.2 Å². The lowest BCUT2D eigenvalue weighted by atomic mass is 10.2. The van der Waals surface area contributed by atoms with E-state index in [0.29, 0.717) is 13.2 Å². The summed E-state index contributed by atoms with van der Waals surface area (Å²) in [6, 6.07) is 1.51. The van der Waals surface area contributed by atoms with Gasteiger partial charge in [-0.05, 0) is 13.0 Å². The minimum atomic E-state index is -3.56. The Hall–Kier alpha value is -1.71. The van der Waals surface area contributed by atoms with Crippen LogP contribution in [0.15, 0.2) is 29.7 Å². The van der Waals surface area contributed by atoms with Gasteiger partial charge in [-0.2, -0.15) is 14.5 Å². The minimum Gasteiger partial charge on any atom is -0.371 e. The molecular formula is C13H19N5O3S. The van der Waals surface area contributed by atoms with Crippen molar-refractivity contribution in [2.45, 2.75) is 24.6 Å². The van der Waals surface area contributed by atoms with E-state index in [0.717, 1.165) is 12.1 Å². The van der Waals surface area contributed by atoms with Gasteiger partial charge in [-0.15, -0.1) is 0 Å².